The lowest BCUT2D eigenvalue weighted by molar-refractivity contribution is 0.473. The molecule has 102 valence electrons. The van der Waals surface area contributed by atoms with Gasteiger partial charge < -0.3 is 9.73 Å². The second-order valence-corrected chi connectivity index (χ2v) is 7.38. The number of sulfone groups is 1. The van der Waals surface area contributed by atoms with Crippen LogP contribution in [0.15, 0.2) is 34.7 Å². The first-order chi connectivity index (χ1) is 9.12. The molecule has 1 aromatic heterocycles. The number of fused-ring (bicyclic) bond motifs is 1. The molecule has 19 heavy (non-hydrogen) atoms. The molecule has 1 atom stereocenters. The van der Waals surface area contributed by atoms with E-state index in [1.807, 2.05) is 30.3 Å². The van der Waals surface area contributed by atoms with Gasteiger partial charge in [-0.2, -0.15) is 0 Å². The molecule has 2 heterocycles. The van der Waals surface area contributed by atoms with Crippen LogP contribution in [0.5, 0.6) is 0 Å². The molecule has 0 saturated carbocycles. The van der Waals surface area contributed by atoms with Crippen LogP contribution in [0.2, 0.25) is 0 Å². The molecule has 4 nitrogen and oxygen atoms in total. The highest BCUT2D eigenvalue weighted by molar-refractivity contribution is 7.91. The summed E-state index contributed by atoms with van der Waals surface area (Å²) in [4.78, 5) is 0. The lowest BCUT2D eigenvalue weighted by atomic mass is 10.1. The maximum atomic E-state index is 11.3. The Morgan fingerprint density at radius 1 is 1.32 bits per heavy atom. The quantitative estimate of drug-likeness (QED) is 0.929. The predicted octanol–water partition coefficient (Wildman–Crippen LogP) is 1.96. The maximum Gasteiger partial charge on any atom is 0.150 e. The molecule has 1 aromatic carbocycles. The van der Waals surface area contributed by atoms with Gasteiger partial charge in [0.1, 0.15) is 11.3 Å². The van der Waals surface area contributed by atoms with Gasteiger partial charge in [-0.1, -0.05) is 18.2 Å². The summed E-state index contributed by atoms with van der Waals surface area (Å²) in [6.45, 7) is 1.38. The van der Waals surface area contributed by atoms with Gasteiger partial charge in [0.2, 0.25) is 0 Å². The monoisotopic (exact) mass is 279 g/mol. The van der Waals surface area contributed by atoms with Crippen molar-refractivity contribution < 1.29 is 12.8 Å². The van der Waals surface area contributed by atoms with Gasteiger partial charge in [-0.05, 0) is 31.0 Å². The van der Waals surface area contributed by atoms with Crippen LogP contribution in [-0.4, -0.2) is 26.5 Å². The smallest absolute Gasteiger partial charge is 0.150 e. The third kappa shape index (κ3) is 2.98. The molecule has 1 aliphatic rings. The second-order valence-electron chi connectivity index (χ2n) is 5.15. The molecule has 2 aromatic rings. The number of hydrogen-bond donors (Lipinski definition) is 1. The fraction of sp³-hybridized carbons (Fsp3) is 0.429. The Morgan fingerprint density at radius 3 is 2.89 bits per heavy atom. The fourth-order valence-corrected chi connectivity index (χ4v) is 4.42. The lowest BCUT2D eigenvalue weighted by Gasteiger charge is -2.07. The summed E-state index contributed by atoms with van der Waals surface area (Å²) < 4.78 is 28.4. The summed E-state index contributed by atoms with van der Waals surface area (Å²) in [6, 6.07) is 9.92. The number of hydrogen-bond acceptors (Lipinski definition) is 4. The SMILES string of the molecule is O=S1(=O)CCC(CNCc2cc3ccccc3o2)C1. The highest BCUT2D eigenvalue weighted by Crippen LogP contribution is 2.20. The molecule has 1 N–H and O–H groups in total. The van der Waals surface area contributed by atoms with Gasteiger partial charge in [0, 0.05) is 5.39 Å². The largest absolute Gasteiger partial charge is 0.460 e. The Hall–Kier alpha value is -1.33. The van der Waals surface area contributed by atoms with E-state index in [-0.39, 0.29) is 5.92 Å². The third-order valence-corrected chi connectivity index (χ3v) is 5.37. The van der Waals surface area contributed by atoms with E-state index >= 15 is 0 Å². The molecule has 0 radical (unpaired) electrons. The molecule has 0 aliphatic carbocycles. The van der Waals surface area contributed by atoms with E-state index in [0.29, 0.717) is 18.1 Å². The van der Waals surface area contributed by atoms with Crippen molar-refractivity contribution in [1.29, 1.82) is 0 Å². The molecule has 0 spiro atoms. The van der Waals surface area contributed by atoms with Crippen molar-refractivity contribution in [3.05, 3.63) is 36.1 Å². The minimum atomic E-state index is -2.77. The maximum absolute atomic E-state index is 11.3. The van der Waals surface area contributed by atoms with Crippen LogP contribution in [0.3, 0.4) is 0 Å². The van der Waals surface area contributed by atoms with Gasteiger partial charge in [0.05, 0.1) is 18.1 Å². The van der Waals surface area contributed by atoms with Crippen LogP contribution in [0.1, 0.15) is 12.2 Å². The Labute approximate surface area is 112 Å². The number of benzene rings is 1. The van der Waals surface area contributed by atoms with E-state index < -0.39 is 9.84 Å². The van der Waals surface area contributed by atoms with Crippen molar-refractivity contribution in [2.75, 3.05) is 18.1 Å². The van der Waals surface area contributed by atoms with E-state index in [0.717, 1.165) is 29.7 Å². The van der Waals surface area contributed by atoms with E-state index in [9.17, 15) is 8.42 Å². The Kier molecular flexibility index (Phi) is 3.33. The summed E-state index contributed by atoms with van der Waals surface area (Å²) in [5.41, 5.74) is 0.891. The van der Waals surface area contributed by atoms with E-state index in [2.05, 4.69) is 5.32 Å². The number of para-hydroxylation sites is 1. The first-order valence-corrected chi connectivity index (χ1v) is 8.33. The van der Waals surface area contributed by atoms with Crippen LogP contribution < -0.4 is 5.32 Å². The Balaban J connectivity index is 1.55. The van der Waals surface area contributed by atoms with Crippen LogP contribution >= 0.6 is 0 Å². The third-order valence-electron chi connectivity index (χ3n) is 3.54. The van der Waals surface area contributed by atoms with Crippen molar-refractivity contribution in [2.45, 2.75) is 13.0 Å². The fourth-order valence-electron chi connectivity index (χ4n) is 2.56. The van der Waals surface area contributed by atoms with E-state index in [4.69, 9.17) is 4.42 Å². The molecule has 1 fully saturated rings. The zero-order chi connectivity index (χ0) is 13.3. The van der Waals surface area contributed by atoms with Crippen molar-refractivity contribution in [3.8, 4) is 0 Å². The summed E-state index contributed by atoms with van der Waals surface area (Å²) in [7, 11) is -2.77. The predicted molar refractivity (Wildman–Crippen MR) is 74.7 cm³/mol. The van der Waals surface area contributed by atoms with E-state index in [1.54, 1.807) is 0 Å². The van der Waals surface area contributed by atoms with Gasteiger partial charge in [-0.25, -0.2) is 8.42 Å². The molecular weight excluding hydrogens is 262 g/mol. The van der Waals surface area contributed by atoms with Gasteiger partial charge in [-0.3, -0.25) is 0 Å². The van der Waals surface area contributed by atoms with Crippen molar-refractivity contribution >= 4 is 20.8 Å². The summed E-state index contributed by atoms with van der Waals surface area (Å²) in [5.74, 6) is 1.79. The molecule has 0 amide bonds. The molecule has 3 rings (SSSR count). The van der Waals surface area contributed by atoms with Crippen LogP contribution in [0.4, 0.5) is 0 Å². The van der Waals surface area contributed by atoms with Crippen molar-refractivity contribution in [3.63, 3.8) is 0 Å². The van der Waals surface area contributed by atoms with Gasteiger partial charge in [0.25, 0.3) is 0 Å². The van der Waals surface area contributed by atoms with E-state index in [1.165, 1.54) is 0 Å². The topological polar surface area (TPSA) is 59.3 Å². The zero-order valence-corrected chi connectivity index (χ0v) is 11.4. The molecule has 1 saturated heterocycles. The first-order valence-electron chi connectivity index (χ1n) is 6.51. The second kappa shape index (κ2) is 4.98. The average Bonchev–Trinajstić information content (AvgIpc) is 2.92. The van der Waals surface area contributed by atoms with Crippen molar-refractivity contribution in [2.24, 2.45) is 5.92 Å². The minimum absolute atomic E-state index is 0.245. The number of furan rings is 1. The normalized spacial score (nSPS) is 22.0. The highest BCUT2D eigenvalue weighted by atomic mass is 32.2. The summed E-state index contributed by atoms with van der Waals surface area (Å²) >= 11 is 0. The first kappa shape index (κ1) is 12.7. The zero-order valence-electron chi connectivity index (χ0n) is 10.6. The molecule has 1 unspecified atom stereocenters. The summed E-state index contributed by atoms with van der Waals surface area (Å²) in [5, 5.41) is 4.38. The van der Waals surface area contributed by atoms with Crippen LogP contribution in [0.25, 0.3) is 11.0 Å². The standard InChI is InChI=1S/C14H17NO3S/c16-19(17)6-5-11(10-19)8-15-9-13-7-12-3-1-2-4-14(12)18-13/h1-4,7,11,15H,5-6,8-10H2. The van der Waals surface area contributed by atoms with Crippen LogP contribution in [0, 0.1) is 5.92 Å². The highest BCUT2D eigenvalue weighted by Gasteiger charge is 2.27. The molecule has 1 aliphatic heterocycles. The molecular formula is C14H17NO3S. The van der Waals surface area contributed by atoms with Gasteiger partial charge in [-0.15, -0.1) is 0 Å². The van der Waals surface area contributed by atoms with Gasteiger partial charge in [0.15, 0.2) is 9.84 Å². The van der Waals surface area contributed by atoms with Gasteiger partial charge >= 0.3 is 0 Å². The lowest BCUT2D eigenvalue weighted by Crippen LogP contribution is -2.23. The summed E-state index contributed by atoms with van der Waals surface area (Å²) in [6.07, 6.45) is 0.773. The van der Waals surface area contributed by atoms with Crippen LogP contribution in [-0.2, 0) is 16.4 Å². The molecule has 5 heteroatoms. The minimum Gasteiger partial charge on any atom is -0.460 e. The number of nitrogens with one attached hydrogen (secondary N) is 1. The Morgan fingerprint density at radius 2 is 2.16 bits per heavy atom. The average molecular weight is 279 g/mol. The molecule has 0 bridgehead atoms. The Bertz CT molecular complexity index is 642. The number of rotatable bonds is 4. The van der Waals surface area contributed by atoms with Crippen molar-refractivity contribution in [1.82, 2.24) is 5.32 Å².